The van der Waals surface area contributed by atoms with Gasteiger partial charge >= 0.3 is 0 Å². The molecule has 1 atom stereocenters. The van der Waals surface area contributed by atoms with E-state index in [1.165, 1.54) is 29.3 Å². The van der Waals surface area contributed by atoms with Crippen LogP contribution >= 0.6 is 27.7 Å². The Hall–Kier alpha value is -0.350. The Bertz CT molecular complexity index is 446. The first-order chi connectivity index (χ1) is 8.87. The fraction of sp³-hybridized carbons (Fsp3) is 0.600. The van der Waals surface area contributed by atoms with Crippen LogP contribution in [0.15, 0.2) is 22.7 Å². The van der Waals surface area contributed by atoms with Crippen molar-refractivity contribution in [3.05, 3.63) is 22.7 Å². The minimum absolute atomic E-state index is 0.435. The van der Waals surface area contributed by atoms with Crippen molar-refractivity contribution in [1.82, 2.24) is 0 Å². The lowest BCUT2D eigenvalue weighted by Gasteiger charge is -2.36. The lowest BCUT2D eigenvalue weighted by molar-refractivity contribution is 0.358. The minimum atomic E-state index is 0.435. The van der Waals surface area contributed by atoms with E-state index in [1.807, 2.05) is 0 Å². The maximum atomic E-state index is 3.73. The molecule has 1 fully saturated rings. The molecule has 1 aromatic carbocycles. The number of hydrogen-bond acceptors (Lipinski definition) is 3. The molecule has 1 N–H and O–H groups in total. The fourth-order valence-corrected chi connectivity index (χ4v) is 4.22. The summed E-state index contributed by atoms with van der Waals surface area (Å²) in [5, 5.41) is 3.73. The van der Waals surface area contributed by atoms with Crippen LogP contribution in [0.3, 0.4) is 0 Å². The molecule has 1 saturated heterocycles. The number of anilines is 2. The Morgan fingerprint density at radius 1 is 1.37 bits per heavy atom. The molecule has 2 nitrogen and oxygen atoms in total. The molecule has 0 spiro atoms. The summed E-state index contributed by atoms with van der Waals surface area (Å²) in [5.74, 6) is 2.47. The van der Waals surface area contributed by atoms with E-state index in [4.69, 9.17) is 0 Å². The van der Waals surface area contributed by atoms with E-state index in [-0.39, 0.29) is 0 Å². The highest BCUT2D eigenvalue weighted by Crippen LogP contribution is 2.36. The van der Waals surface area contributed by atoms with Crippen LogP contribution in [-0.2, 0) is 0 Å². The number of halogens is 1. The molecule has 4 heteroatoms. The van der Waals surface area contributed by atoms with E-state index >= 15 is 0 Å². The molecule has 0 radical (unpaired) electrons. The van der Waals surface area contributed by atoms with Crippen LogP contribution in [0.25, 0.3) is 0 Å². The van der Waals surface area contributed by atoms with Gasteiger partial charge in [-0.15, -0.1) is 0 Å². The van der Waals surface area contributed by atoms with Crippen LogP contribution in [0, 0.1) is 5.41 Å². The van der Waals surface area contributed by atoms with E-state index < -0.39 is 0 Å². The zero-order valence-corrected chi connectivity index (χ0v) is 14.6. The second kappa shape index (κ2) is 5.96. The standard InChI is InChI=1S/C15H23BrN2S/c1-15(2)8-12(9-19-10-15)17-13-7-11(16)5-6-14(13)18(3)4/h5-7,12,17H,8-10H2,1-4H3. The average Bonchev–Trinajstić information content (AvgIpc) is 2.27. The molecular formula is C15H23BrN2S. The third-order valence-corrected chi connectivity index (χ3v) is 5.53. The van der Waals surface area contributed by atoms with Crippen LogP contribution < -0.4 is 10.2 Å². The van der Waals surface area contributed by atoms with Gasteiger partial charge < -0.3 is 10.2 Å². The first kappa shape index (κ1) is 15.0. The third kappa shape index (κ3) is 4.06. The summed E-state index contributed by atoms with van der Waals surface area (Å²) in [4.78, 5) is 2.16. The van der Waals surface area contributed by atoms with E-state index in [2.05, 4.69) is 84.1 Å². The van der Waals surface area contributed by atoms with Crippen LogP contribution in [0.2, 0.25) is 0 Å². The number of hydrogen-bond donors (Lipinski definition) is 1. The molecule has 19 heavy (non-hydrogen) atoms. The largest absolute Gasteiger partial charge is 0.380 e. The van der Waals surface area contributed by atoms with Crippen molar-refractivity contribution in [3.8, 4) is 0 Å². The summed E-state index contributed by atoms with van der Waals surface area (Å²) in [6.07, 6.45) is 1.24. The van der Waals surface area contributed by atoms with Crippen molar-refractivity contribution in [2.75, 3.05) is 35.8 Å². The average molecular weight is 343 g/mol. The smallest absolute Gasteiger partial charge is 0.0597 e. The molecule has 1 aliphatic heterocycles. The van der Waals surface area contributed by atoms with Crippen molar-refractivity contribution in [2.24, 2.45) is 5.41 Å². The zero-order chi connectivity index (χ0) is 14.0. The maximum absolute atomic E-state index is 3.73. The Balaban J connectivity index is 2.16. The number of nitrogens with one attached hydrogen (secondary N) is 1. The summed E-state index contributed by atoms with van der Waals surface area (Å²) >= 11 is 5.63. The lowest BCUT2D eigenvalue weighted by atomic mass is 9.87. The molecule has 0 bridgehead atoms. The fourth-order valence-electron chi connectivity index (χ4n) is 2.59. The molecule has 0 aliphatic carbocycles. The Labute approximate surface area is 129 Å². The van der Waals surface area contributed by atoms with Gasteiger partial charge in [0.05, 0.1) is 11.4 Å². The molecule has 1 aliphatic rings. The summed E-state index contributed by atoms with van der Waals surface area (Å²) in [6.45, 7) is 4.73. The van der Waals surface area contributed by atoms with Crippen molar-refractivity contribution in [1.29, 1.82) is 0 Å². The maximum Gasteiger partial charge on any atom is 0.0597 e. The quantitative estimate of drug-likeness (QED) is 0.872. The van der Waals surface area contributed by atoms with Gasteiger partial charge in [-0.2, -0.15) is 11.8 Å². The van der Waals surface area contributed by atoms with Gasteiger partial charge in [-0.1, -0.05) is 29.8 Å². The van der Waals surface area contributed by atoms with Crippen molar-refractivity contribution >= 4 is 39.1 Å². The molecular weight excluding hydrogens is 320 g/mol. The highest BCUT2D eigenvalue weighted by molar-refractivity contribution is 9.10. The van der Waals surface area contributed by atoms with Crippen LogP contribution in [0.4, 0.5) is 11.4 Å². The topological polar surface area (TPSA) is 15.3 Å². The molecule has 0 amide bonds. The zero-order valence-electron chi connectivity index (χ0n) is 12.2. The molecule has 0 saturated carbocycles. The predicted molar refractivity (Wildman–Crippen MR) is 91.6 cm³/mol. The van der Waals surface area contributed by atoms with Gasteiger partial charge in [0.15, 0.2) is 0 Å². The number of thioether (sulfide) groups is 1. The summed E-state index contributed by atoms with van der Waals surface area (Å²) in [5.41, 5.74) is 2.91. The Morgan fingerprint density at radius 2 is 2.11 bits per heavy atom. The van der Waals surface area contributed by atoms with Gasteiger partial charge in [0.2, 0.25) is 0 Å². The highest BCUT2D eigenvalue weighted by atomic mass is 79.9. The lowest BCUT2D eigenvalue weighted by Crippen LogP contribution is -2.35. The Morgan fingerprint density at radius 3 is 2.74 bits per heavy atom. The van der Waals surface area contributed by atoms with Gasteiger partial charge in [0.25, 0.3) is 0 Å². The molecule has 1 aromatic rings. The summed E-state index contributed by atoms with van der Waals surface area (Å²) in [7, 11) is 4.18. The van der Waals surface area contributed by atoms with E-state index in [1.54, 1.807) is 0 Å². The highest BCUT2D eigenvalue weighted by Gasteiger charge is 2.28. The molecule has 0 aromatic heterocycles. The third-order valence-electron chi connectivity index (χ3n) is 3.41. The van der Waals surface area contributed by atoms with E-state index in [0.29, 0.717) is 11.5 Å². The van der Waals surface area contributed by atoms with Gasteiger partial charge in [0.1, 0.15) is 0 Å². The molecule has 1 heterocycles. The normalized spacial score (nSPS) is 22.1. The first-order valence-electron chi connectivity index (χ1n) is 6.68. The Kier molecular flexibility index (Phi) is 4.72. The second-order valence-electron chi connectivity index (χ2n) is 6.28. The van der Waals surface area contributed by atoms with Crippen LogP contribution in [-0.4, -0.2) is 31.6 Å². The van der Waals surface area contributed by atoms with Gasteiger partial charge in [-0.3, -0.25) is 0 Å². The van der Waals surface area contributed by atoms with Gasteiger partial charge in [-0.05, 0) is 35.8 Å². The minimum Gasteiger partial charge on any atom is -0.380 e. The molecule has 106 valence electrons. The van der Waals surface area contributed by atoms with Crippen molar-refractivity contribution < 1.29 is 0 Å². The van der Waals surface area contributed by atoms with Crippen molar-refractivity contribution in [3.63, 3.8) is 0 Å². The first-order valence-corrected chi connectivity index (χ1v) is 8.63. The van der Waals surface area contributed by atoms with Gasteiger partial charge in [0, 0.05) is 30.4 Å². The summed E-state index contributed by atoms with van der Waals surface area (Å²) in [6, 6.07) is 7.00. The van der Waals surface area contributed by atoms with E-state index in [0.717, 1.165) is 4.47 Å². The van der Waals surface area contributed by atoms with Crippen molar-refractivity contribution in [2.45, 2.75) is 26.3 Å². The summed E-state index contributed by atoms with van der Waals surface area (Å²) < 4.78 is 1.13. The molecule has 2 rings (SSSR count). The predicted octanol–water partition coefficient (Wildman–Crippen LogP) is 4.46. The van der Waals surface area contributed by atoms with Crippen LogP contribution in [0.5, 0.6) is 0 Å². The monoisotopic (exact) mass is 342 g/mol. The number of benzene rings is 1. The number of nitrogens with zero attached hydrogens (tertiary/aromatic N) is 1. The SMILES string of the molecule is CN(C)c1ccc(Br)cc1NC1CSCC(C)(C)C1. The van der Waals surface area contributed by atoms with E-state index in [9.17, 15) is 0 Å². The van der Waals surface area contributed by atoms with Crippen LogP contribution in [0.1, 0.15) is 20.3 Å². The number of rotatable bonds is 3. The molecule has 1 unspecified atom stereocenters. The van der Waals surface area contributed by atoms with Gasteiger partial charge in [-0.25, -0.2) is 0 Å². The second-order valence-corrected chi connectivity index (χ2v) is 8.23.